The minimum Gasteiger partial charge on any atom is -0.497 e. The van der Waals surface area contributed by atoms with Gasteiger partial charge in [0.05, 0.1) is 13.7 Å². The van der Waals surface area contributed by atoms with E-state index in [1.165, 1.54) is 5.56 Å². The van der Waals surface area contributed by atoms with E-state index in [-0.39, 0.29) is 5.41 Å². The lowest BCUT2D eigenvalue weighted by Crippen LogP contribution is -2.23. The molecule has 5 nitrogen and oxygen atoms in total. The summed E-state index contributed by atoms with van der Waals surface area (Å²) in [5.74, 6) is 2.01. The molecule has 5 heteroatoms. The Morgan fingerprint density at radius 2 is 1.80 bits per heavy atom. The fourth-order valence-electron chi connectivity index (χ4n) is 2.24. The molecule has 0 fully saturated rings. The number of aliphatic imine (C=N–C) groups is 1. The maximum absolute atomic E-state index is 5.89. The van der Waals surface area contributed by atoms with Crippen LogP contribution in [0, 0.1) is 0 Å². The Kier molecular flexibility index (Phi) is 6.28. The van der Waals surface area contributed by atoms with Gasteiger partial charge in [0, 0.05) is 5.69 Å². The van der Waals surface area contributed by atoms with Gasteiger partial charge in [-0.25, -0.2) is 4.99 Å². The lowest BCUT2D eigenvalue weighted by Gasteiger charge is -2.19. The molecule has 25 heavy (non-hydrogen) atoms. The fourth-order valence-corrected chi connectivity index (χ4v) is 2.24. The van der Waals surface area contributed by atoms with E-state index in [0.717, 1.165) is 17.2 Å². The van der Waals surface area contributed by atoms with Crippen LogP contribution >= 0.6 is 0 Å². The molecule has 0 saturated heterocycles. The molecule has 2 aromatic rings. The van der Waals surface area contributed by atoms with Gasteiger partial charge in [0.1, 0.15) is 18.1 Å². The molecule has 134 valence electrons. The molecule has 0 amide bonds. The standard InChI is InChI=1S/C20H27N3O2/c1-20(2,3)15-6-5-7-18(14-15)25-13-12-22-19(21)23-16-8-10-17(24-4)11-9-16/h5-11,14H,12-13H2,1-4H3,(H3,21,22,23). The van der Waals surface area contributed by atoms with E-state index in [1.54, 1.807) is 7.11 Å². The summed E-state index contributed by atoms with van der Waals surface area (Å²) in [6.07, 6.45) is 0. The summed E-state index contributed by atoms with van der Waals surface area (Å²) in [7, 11) is 1.63. The number of anilines is 1. The van der Waals surface area contributed by atoms with Gasteiger partial charge in [0.2, 0.25) is 0 Å². The summed E-state index contributed by atoms with van der Waals surface area (Å²) >= 11 is 0. The number of hydrogen-bond donors (Lipinski definition) is 2. The van der Waals surface area contributed by atoms with E-state index >= 15 is 0 Å². The van der Waals surface area contributed by atoms with E-state index in [9.17, 15) is 0 Å². The highest BCUT2D eigenvalue weighted by Crippen LogP contribution is 2.25. The summed E-state index contributed by atoms with van der Waals surface area (Å²) < 4.78 is 10.9. The zero-order valence-corrected chi connectivity index (χ0v) is 15.4. The molecule has 0 saturated carbocycles. The molecule has 0 aromatic heterocycles. The summed E-state index contributed by atoms with van der Waals surface area (Å²) in [5.41, 5.74) is 8.10. The third kappa shape index (κ3) is 6.03. The first-order valence-corrected chi connectivity index (χ1v) is 8.33. The van der Waals surface area contributed by atoms with Gasteiger partial charge in [0.15, 0.2) is 5.96 Å². The minimum absolute atomic E-state index is 0.101. The largest absolute Gasteiger partial charge is 0.497 e. The highest BCUT2D eigenvalue weighted by atomic mass is 16.5. The monoisotopic (exact) mass is 341 g/mol. The normalized spacial score (nSPS) is 11.9. The molecule has 0 aliphatic heterocycles. The van der Waals surface area contributed by atoms with E-state index in [2.05, 4.69) is 43.2 Å². The van der Waals surface area contributed by atoms with Crippen molar-refractivity contribution < 1.29 is 9.47 Å². The maximum atomic E-state index is 5.89. The molecular weight excluding hydrogens is 314 g/mol. The summed E-state index contributed by atoms with van der Waals surface area (Å²) in [6.45, 7) is 7.50. The van der Waals surface area contributed by atoms with Crippen LogP contribution in [0.25, 0.3) is 0 Å². The van der Waals surface area contributed by atoms with Gasteiger partial charge in [-0.1, -0.05) is 32.9 Å². The van der Waals surface area contributed by atoms with Crippen molar-refractivity contribution in [3.63, 3.8) is 0 Å². The van der Waals surface area contributed by atoms with Crippen molar-refractivity contribution in [3.05, 3.63) is 54.1 Å². The number of nitrogens with one attached hydrogen (secondary N) is 1. The number of guanidine groups is 1. The summed E-state index contributed by atoms with van der Waals surface area (Å²) in [4.78, 5) is 4.28. The van der Waals surface area contributed by atoms with E-state index in [1.807, 2.05) is 36.4 Å². The van der Waals surface area contributed by atoms with Gasteiger partial charge in [0.25, 0.3) is 0 Å². The zero-order chi connectivity index (χ0) is 18.3. The van der Waals surface area contributed by atoms with Crippen molar-refractivity contribution in [1.29, 1.82) is 0 Å². The van der Waals surface area contributed by atoms with Crippen LogP contribution in [0.5, 0.6) is 11.5 Å². The Morgan fingerprint density at radius 3 is 2.44 bits per heavy atom. The van der Waals surface area contributed by atoms with Crippen LogP contribution in [0.15, 0.2) is 53.5 Å². The number of nitrogens with zero attached hydrogens (tertiary/aromatic N) is 1. The molecule has 3 N–H and O–H groups in total. The molecule has 2 aromatic carbocycles. The van der Waals surface area contributed by atoms with Gasteiger partial charge in [-0.2, -0.15) is 0 Å². The first-order valence-electron chi connectivity index (χ1n) is 8.33. The molecule has 0 heterocycles. The first kappa shape index (κ1) is 18.6. The number of rotatable bonds is 6. The predicted octanol–water partition coefficient (Wildman–Crippen LogP) is 3.80. The topological polar surface area (TPSA) is 68.9 Å². The number of nitrogens with two attached hydrogens (primary N) is 1. The van der Waals surface area contributed by atoms with E-state index < -0.39 is 0 Å². The van der Waals surface area contributed by atoms with Gasteiger partial charge in [-0.05, 0) is 47.4 Å². The number of ether oxygens (including phenoxy) is 2. The predicted molar refractivity (Wildman–Crippen MR) is 104 cm³/mol. The van der Waals surface area contributed by atoms with Crippen molar-refractivity contribution in [2.45, 2.75) is 26.2 Å². The number of benzene rings is 2. The number of hydrogen-bond acceptors (Lipinski definition) is 3. The number of methoxy groups -OCH3 is 1. The van der Waals surface area contributed by atoms with E-state index in [4.69, 9.17) is 15.2 Å². The van der Waals surface area contributed by atoms with Crippen LogP contribution in [0.2, 0.25) is 0 Å². The smallest absolute Gasteiger partial charge is 0.193 e. The van der Waals surface area contributed by atoms with E-state index in [0.29, 0.717) is 19.1 Å². The van der Waals surface area contributed by atoms with Gasteiger partial charge in [-0.3, -0.25) is 0 Å². The second kappa shape index (κ2) is 8.42. The highest BCUT2D eigenvalue weighted by Gasteiger charge is 2.13. The second-order valence-electron chi connectivity index (χ2n) is 6.75. The van der Waals surface area contributed by atoms with Crippen LogP contribution < -0.4 is 20.5 Å². The Balaban J connectivity index is 1.82. The Morgan fingerprint density at radius 1 is 1.08 bits per heavy atom. The van der Waals surface area contributed by atoms with Gasteiger partial charge >= 0.3 is 0 Å². The third-order valence-corrected chi connectivity index (χ3v) is 3.70. The summed E-state index contributed by atoms with van der Waals surface area (Å²) in [6, 6.07) is 15.6. The molecule has 0 radical (unpaired) electrons. The van der Waals surface area contributed by atoms with Gasteiger partial charge in [-0.15, -0.1) is 0 Å². The van der Waals surface area contributed by atoms with Crippen molar-refractivity contribution in [1.82, 2.24) is 0 Å². The molecule has 0 spiro atoms. The van der Waals surface area contributed by atoms with Crippen LogP contribution in [0.3, 0.4) is 0 Å². The minimum atomic E-state index is 0.101. The lowest BCUT2D eigenvalue weighted by molar-refractivity contribution is 0.328. The average molecular weight is 341 g/mol. The van der Waals surface area contributed by atoms with Crippen LogP contribution in [-0.4, -0.2) is 26.2 Å². The van der Waals surface area contributed by atoms with Crippen molar-refractivity contribution >= 4 is 11.6 Å². The average Bonchev–Trinajstić information content (AvgIpc) is 2.59. The lowest BCUT2D eigenvalue weighted by atomic mass is 9.87. The quantitative estimate of drug-likeness (QED) is 0.476. The second-order valence-corrected chi connectivity index (χ2v) is 6.75. The SMILES string of the molecule is COc1ccc(NC(N)=NCCOc2cccc(C(C)(C)C)c2)cc1. The maximum Gasteiger partial charge on any atom is 0.193 e. The third-order valence-electron chi connectivity index (χ3n) is 3.70. The molecule has 0 aliphatic carbocycles. The fraction of sp³-hybridized carbons (Fsp3) is 0.350. The van der Waals surface area contributed by atoms with Crippen molar-refractivity contribution in [2.24, 2.45) is 10.7 Å². The van der Waals surface area contributed by atoms with Crippen LogP contribution in [0.4, 0.5) is 5.69 Å². The Hall–Kier alpha value is -2.69. The zero-order valence-electron chi connectivity index (χ0n) is 15.4. The van der Waals surface area contributed by atoms with Crippen molar-refractivity contribution in [2.75, 3.05) is 25.6 Å². The van der Waals surface area contributed by atoms with Gasteiger partial charge < -0.3 is 20.5 Å². The van der Waals surface area contributed by atoms with Crippen LogP contribution in [0.1, 0.15) is 26.3 Å². The Labute approximate surface area is 149 Å². The molecule has 0 bridgehead atoms. The molecule has 0 atom stereocenters. The molecule has 0 aliphatic rings. The highest BCUT2D eigenvalue weighted by molar-refractivity contribution is 5.92. The summed E-state index contributed by atoms with van der Waals surface area (Å²) in [5, 5.41) is 3.04. The Bertz CT molecular complexity index is 704. The molecule has 0 unspecified atom stereocenters. The molecular formula is C20H27N3O2. The van der Waals surface area contributed by atoms with Crippen LogP contribution in [-0.2, 0) is 5.41 Å². The first-order chi connectivity index (χ1) is 11.9. The van der Waals surface area contributed by atoms with Crippen molar-refractivity contribution in [3.8, 4) is 11.5 Å². The molecule has 2 rings (SSSR count).